The normalized spacial score (nSPS) is 11.8. The summed E-state index contributed by atoms with van der Waals surface area (Å²) in [7, 11) is 1.55. The molecule has 0 fully saturated rings. The summed E-state index contributed by atoms with van der Waals surface area (Å²) in [4.78, 5) is 28.5. The molecule has 0 aliphatic heterocycles. The van der Waals surface area contributed by atoms with Gasteiger partial charge >= 0.3 is 0 Å². The first-order valence-electron chi connectivity index (χ1n) is 9.27. The van der Waals surface area contributed by atoms with Crippen molar-refractivity contribution in [3.63, 3.8) is 0 Å². The van der Waals surface area contributed by atoms with Crippen LogP contribution in [0, 0.1) is 0 Å². The number of amides is 2. The number of ether oxygens (including phenoxy) is 1. The molecule has 2 aromatic rings. The van der Waals surface area contributed by atoms with E-state index in [0.717, 1.165) is 5.56 Å². The summed E-state index contributed by atoms with van der Waals surface area (Å²) in [5.74, 6) is 0.254. The van der Waals surface area contributed by atoms with E-state index in [2.05, 4.69) is 0 Å². The fourth-order valence-electron chi connectivity index (χ4n) is 2.77. The molecule has 1 atom stereocenters. The minimum atomic E-state index is -0.701. The topological polar surface area (TPSA) is 63.0 Å². The van der Waals surface area contributed by atoms with Gasteiger partial charge in [0.15, 0.2) is 0 Å². The van der Waals surface area contributed by atoms with Crippen molar-refractivity contribution in [3.05, 3.63) is 60.1 Å². The number of methoxy groups -OCH3 is 1. The molecule has 7 heteroatoms. The average Bonchev–Trinajstić information content (AvgIpc) is 3.21. The standard InChI is InChI=1S/C21H27ClN2O4/c1-17(22)21(26)24(12-14-27-2)16-20(25)23(15-19-9-6-13-28-19)11-10-18-7-4-3-5-8-18/h3-9,13,17H,10-12,14-16H2,1-2H3. The first kappa shape index (κ1) is 22.0. The Bertz CT molecular complexity index is 719. The van der Waals surface area contributed by atoms with Gasteiger partial charge in [0.2, 0.25) is 11.8 Å². The van der Waals surface area contributed by atoms with Gasteiger partial charge in [0, 0.05) is 20.2 Å². The summed E-state index contributed by atoms with van der Waals surface area (Å²) in [6.45, 7) is 3.07. The molecule has 0 saturated heterocycles. The van der Waals surface area contributed by atoms with Crippen molar-refractivity contribution < 1.29 is 18.7 Å². The van der Waals surface area contributed by atoms with Crippen LogP contribution in [0.4, 0.5) is 0 Å². The highest BCUT2D eigenvalue weighted by Crippen LogP contribution is 2.10. The predicted octanol–water partition coefficient (Wildman–Crippen LogP) is 2.95. The van der Waals surface area contributed by atoms with Crippen molar-refractivity contribution in [2.75, 3.05) is 33.4 Å². The van der Waals surface area contributed by atoms with Crippen LogP contribution in [0.5, 0.6) is 0 Å². The number of alkyl halides is 1. The number of furan rings is 1. The average molecular weight is 407 g/mol. The van der Waals surface area contributed by atoms with Gasteiger partial charge in [-0.2, -0.15) is 0 Å². The highest BCUT2D eigenvalue weighted by Gasteiger charge is 2.24. The second-order valence-corrected chi connectivity index (χ2v) is 7.15. The minimum absolute atomic E-state index is 0.0469. The third-order valence-electron chi connectivity index (χ3n) is 4.34. The molecule has 0 aliphatic carbocycles. The summed E-state index contributed by atoms with van der Waals surface area (Å²) in [5.41, 5.74) is 1.14. The molecular weight excluding hydrogens is 380 g/mol. The van der Waals surface area contributed by atoms with Crippen LogP contribution in [0.1, 0.15) is 18.2 Å². The van der Waals surface area contributed by atoms with E-state index in [0.29, 0.717) is 38.4 Å². The van der Waals surface area contributed by atoms with E-state index < -0.39 is 5.38 Å². The number of benzene rings is 1. The maximum Gasteiger partial charge on any atom is 0.242 e. The number of nitrogens with zero attached hydrogens (tertiary/aromatic N) is 2. The minimum Gasteiger partial charge on any atom is -0.467 e. The first-order valence-corrected chi connectivity index (χ1v) is 9.70. The lowest BCUT2D eigenvalue weighted by molar-refractivity contribution is -0.141. The second kappa shape index (κ2) is 11.5. The Balaban J connectivity index is 2.07. The number of hydrogen-bond acceptors (Lipinski definition) is 4. The number of rotatable bonds is 11. The van der Waals surface area contributed by atoms with Crippen molar-refractivity contribution in [3.8, 4) is 0 Å². The zero-order chi connectivity index (χ0) is 20.4. The zero-order valence-electron chi connectivity index (χ0n) is 16.3. The van der Waals surface area contributed by atoms with E-state index in [4.69, 9.17) is 20.8 Å². The maximum atomic E-state index is 13.0. The maximum absolute atomic E-state index is 13.0. The SMILES string of the molecule is COCCN(CC(=O)N(CCc1ccccc1)Cc1ccco1)C(=O)C(C)Cl. The van der Waals surface area contributed by atoms with Gasteiger partial charge in [0.1, 0.15) is 11.1 Å². The number of carbonyl (C=O) groups is 2. The molecule has 0 radical (unpaired) electrons. The largest absolute Gasteiger partial charge is 0.467 e. The van der Waals surface area contributed by atoms with E-state index >= 15 is 0 Å². The van der Waals surface area contributed by atoms with Gasteiger partial charge < -0.3 is 19.0 Å². The monoisotopic (exact) mass is 406 g/mol. The van der Waals surface area contributed by atoms with Crippen LogP contribution in [-0.2, 0) is 27.3 Å². The van der Waals surface area contributed by atoms with Crippen molar-refractivity contribution in [1.29, 1.82) is 0 Å². The Morgan fingerprint density at radius 1 is 1.11 bits per heavy atom. The molecule has 2 amide bonds. The van der Waals surface area contributed by atoms with Crippen LogP contribution in [0.25, 0.3) is 0 Å². The zero-order valence-corrected chi connectivity index (χ0v) is 17.1. The molecule has 1 heterocycles. The van der Waals surface area contributed by atoms with E-state index in [1.54, 1.807) is 31.3 Å². The number of hydrogen-bond donors (Lipinski definition) is 0. The molecule has 2 rings (SSSR count). The van der Waals surface area contributed by atoms with E-state index in [1.807, 2.05) is 36.4 Å². The van der Waals surface area contributed by atoms with Gasteiger partial charge in [0.05, 0.1) is 26.0 Å². The van der Waals surface area contributed by atoms with Crippen LogP contribution in [0.15, 0.2) is 53.1 Å². The smallest absolute Gasteiger partial charge is 0.242 e. The predicted molar refractivity (Wildman–Crippen MR) is 108 cm³/mol. The highest BCUT2D eigenvalue weighted by molar-refractivity contribution is 6.30. The lowest BCUT2D eigenvalue weighted by Gasteiger charge is -2.28. The molecule has 1 unspecified atom stereocenters. The summed E-state index contributed by atoms with van der Waals surface area (Å²) in [6, 6.07) is 13.6. The van der Waals surface area contributed by atoms with Crippen molar-refractivity contribution >= 4 is 23.4 Å². The van der Waals surface area contributed by atoms with Gasteiger partial charge in [-0.05, 0) is 31.0 Å². The molecule has 0 saturated carbocycles. The van der Waals surface area contributed by atoms with Crippen molar-refractivity contribution in [1.82, 2.24) is 9.80 Å². The summed E-state index contributed by atoms with van der Waals surface area (Å²) < 4.78 is 10.5. The quantitative estimate of drug-likeness (QED) is 0.538. The lowest BCUT2D eigenvalue weighted by Crippen LogP contribution is -2.46. The van der Waals surface area contributed by atoms with Crippen LogP contribution < -0.4 is 0 Å². The van der Waals surface area contributed by atoms with Gasteiger partial charge in [-0.15, -0.1) is 11.6 Å². The molecule has 0 bridgehead atoms. The van der Waals surface area contributed by atoms with Gasteiger partial charge in [-0.25, -0.2) is 0 Å². The Hall–Kier alpha value is -2.31. The first-order chi connectivity index (χ1) is 13.5. The van der Waals surface area contributed by atoms with E-state index in [-0.39, 0.29) is 18.4 Å². The molecule has 0 aliphatic rings. The Kier molecular flexibility index (Phi) is 9.04. The van der Waals surface area contributed by atoms with Gasteiger partial charge in [-0.3, -0.25) is 9.59 Å². The fraction of sp³-hybridized carbons (Fsp3) is 0.429. The van der Waals surface area contributed by atoms with E-state index in [9.17, 15) is 9.59 Å². The summed E-state index contributed by atoms with van der Waals surface area (Å²) >= 11 is 5.95. The van der Waals surface area contributed by atoms with Gasteiger partial charge in [0.25, 0.3) is 0 Å². The molecule has 1 aromatic carbocycles. The molecule has 28 heavy (non-hydrogen) atoms. The third kappa shape index (κ3) is 7.02. The van der Waals surface area contributed by atoms with Crippen molar-refractivity contribution in [2.24, 2.45) is 0 Å². The van der Waals surface area contributed by atoms with Crippen LogP contribution in [0.2, 0.25) is 0 Å². The molecular formula is C21H27ClN2O4. The third-order valence-corrected chi connectivity index (χ3v) is 4.52. The second-order valence-electron chi connectivity index (χ2n) is 6.50. The molecule has 152 valence electrons. The highest BCUT2D eigenvalue weighted by atomic mass is 35.5. The lowest BCUT2D eigenvalue weighted by atomic mass is 10.1. The molecule has 1 aromatic heterocycles. The molecule has 0 N–H and O–H groups in total. The molecule has 0 spiro atoms. The van der Waals surface area contributed by atoms with Crippen LogP contribution in [0.3, 0.4) is 0 Å². The Morgan fingerprint density at radius 2 is 1.86 bits per heavy atom. The van der Waals surface area contributed by atoms with E-state index in [1.165, 1.54) is 4.90 Å². The molecule has 6 nitrogen and oxygen atoms in total. The van der Waals surface area contributed by atoms with Crippen molar-refractivity contribution in [2.45, 2.75) is 25.3 Å². The van der Waals surface area contributed by atoms with Crippen LogP contribution in [-0.4, -0.2) is 60.3 Å². The summed E-state index contributed by atoms with van der Waals surface area (Å²) in [6.07, 6.45) is 2.30. The number of carbonyl (C=O) groups excluding carboxylic acids is 2. The van der Waals surface area contributed by atoms with Crippen LogP contribution >= 0.6 is 11.6 Å². The Labute approximate surface area is 171 Å². The van der Waals surface area contributed by atoms with Gasteiger partial charge in [-0.1, -0.05) is 30.3 Å². The fourth-order valence-corrected chi connectivity index (χ4v) is 2.91. The number of halogens is 1. The Morgan fingerprint density at radius 3 is 2.46 bits per heavy atom. The summed E-state index contributed by atoms with van der Waals surface area (Å²) in [5, 5.41) is -0.701.